The molecular formula is C21H19NO4S. The van der Waals surface area contributed by atoms with Crippen LogP contribution in [0.1, 0.15) is 26.9 Å². The highest BCUT2D eigenvalue weighted by Gasteiger charge is 2.26. The summed E-state index contributed by atoms with van der Waals surface area (Å²) in [6, 6.07) is 17.8. The van der Waals surface area contributed by atoms with Crippen LogP contribution in [0.4, 0.5) is 5.69 Å². The first-order valence-corrected chi connectivity index (χ1v) is 9.21. The molecule has 1 aromatic heterocycles. The van der Waals surface area contributed by atoms with Crippen LogP contribution in [0, 0.1) is 6.92 Å². The quantitative estimate of drug-likeness (QED) is 0.634. The van der Waals surface area contributed by atoms with Gasteiger partial charge in [0.05, 0.1) is 12.8 Å². The smallest absolute Gasteiger partial charge is 0.349 e. The van der Waals surface area contributed by atoms with Gasteiger partial charge in [-0.25, -0.2) is 4.79 Å². The summed E-state index contributed by atoms with van der Waals surface area (Å²) < 4.78 is 10.8. The minimum atomic E-state index is -1.08. The minimum Gasteiger partial charge on any atom is -0.495 e. The topological polar surface area (TPSA) is 64.6 Å². The molecule has 0 saturated heterocycles. The zero-order valence-corrected chi connectivity index (χ0v) is 15.8. The maximum Gasteiger partial charge on any atom is 0.349 e. The molecule has 3 rings (SSSR count). The largest absolute Gasteiger partial charge is 0.495 e. The number of esters is 1. The average molecular weight is 381 g/mol. The third kappa shape index (κ3) is 4.54. The van der Waals surface area contributed by atoms with E-state index in [9.17, 15) is 9.59 Å². The van der Waals surface area contributed by atoms with E-state index in [1.54, 1.807) is 53.9 Å². The van der Waals surface area contributed by atoms with E-state index in [0.29, 0.717) is 21.9 Å². The van der Waals surface area contributed by atoms with Crippen molar-refractivity contribution in [3.8, 4) is 5.75 Å². The van der Waals surface area contributed by atoms with E-state index in [2.05, 4.69) is 5.32 Å². The molecule has 27 heavy (non-hydrogen) atoms. The van der Waals surface area contributed by atoms with Crippen LogP contribution in [0.2, 0.25) is 0 Å². The number of nitrogens with one attached hydrogen (secondary N) is 1. The van der Waals surface area contributed by atoms with E-state index < -0.39 is 18.0 Å². The van der Waals surface area contributed by atoms with Crippen molar-refractivity contribution in [2.45, 2.75) is 13.0 Å². The van der Waals surface area contributed by atoms with Crippen LogP contribution < -0.4 is 10.1 Å². The predicted molar refractivity (Wildman–Crippen MR) is 105 cm³/mol. The molecule has 1 N–H and O–H groups in total. The molecule has 0 saturated carbocycles. The number of hydrogen-bond donors (Lipinski definition) is 1. The first-order valence-electron chi connectivity index (χ1n) is 8.33. The highest BCUT2D eigenvalue weighted by atomic mass is 32.1. The maximum atomic E-state index is 13.0. The lowest BCUT2D eigenvalue weighted by atomic mass is 10.1. The molecule has 138 valence electrons. The first-order chi connectivity index (χ1) is 13.1. The van der Waals surface area contributed by atoms with Gasteiger partial charge < -0.3 is 14.8 Å². The van der Waals surface area contributed by atoms with Crippen molar-refractivity contribution in [2.75, 3.05) is 12.4 Å². The van der Waals surface area contributed by atoms with Crippen molar-refractivity contribution in [1.82, 2.24) is 0 Å². The number of ether oxygens (including phenoxy) is 2. The van der Waals surface area contributed by atoms with Gasteiger partial charge in [-0.1, -0.05) is 42.5 Å². The fourth-order valence-corrected chi connectivity index (χ4v) is 3.18. The van der Waals surface area contributed by atoms with Crippen LogP contribution in [0.5, 0.6) is 5.75 Å². The van der Waals surface area contributed by atoms with Crippen LogP contribution in [-0.4, -0.2) is 19.0 Å². The molecule has 0 aliphatic carbocycles. The highest BCUT2D eigenvalue weighted by molar-refractivity contribution is 7.11. The molecule has 1 heterocycles. The van der Waals surface area contributed by atoms with E-state index in [1.165, 1.54) is 18.4 Å². The van der Waals surface area contributed by atoms with Gasteiger partial charge in [-0.3, -0.25) is 4.79 Å². The van der Waals surface area contributed by atoms with Gasteiger partial charge in [-0.05, 0) is 36.1 Å². The normalized spacial score (nSPS) is 11.5. The summed E-state index contributed by atoms with van der Waals surface area (Å²) in [7, 11) is 1.53. The highest BCUT2D eigenvalue weighted by Crippen LogP contribution is 2.28. The fraction of sp³-hybridized carbons (Fsp3) is 0.143. The molecule has 3 aromatic rings. The summed E-state index contributed by atoms with van der Waals surface area (Å²) in [4.78, 5) is 25.8. The molecule has 0 fully saturated rings. The Bertz CT molecular complexity index is 923. The summed E-state index contributed by atoms with van der Waals surface area (Å²) in [5, 5.41) is 4.60. The van der Waals surface area contributed by atoms with Gasteiger partial charge in [0.25, 0.3) is 5.91 Å². The number of methoxy groups -OCH3 is 1. The third-order valence-electron chi connectivity index (χ3n) is 3.90. The van der Waals surface area contributed by atoms with Crippen molar-refractivity contribution in [2.24, 2.45) is 0 Å². The van der Waals surface area contributed by atoms with Gasteiger partial charge in [0.1, 0.15) is 10.6 Å². The number of aryl methyl sites for hydroxylation is 1. The Kier molecular flexibility index (Phi) is 5.88. The average Bonchev–Trinajstić information content (AvgIpc) is 3.21. The molecule has 5 nitrogen and oxygen atoms in total. The molecule has 0 bridgehead atoms. The maximum absolute atomic E-state index is 13.0. The molecule has 0 radical (unpaired) electrons. The number of carbonyl (C=O) groups is 2. The van der Waals surface area contributed by atoms with Gasteiger partial charge in [-0.2, -0.15) is 0 Å². The molecule has 1 amide bonds. The Labute approximate surface area is 161 Å². The van der Waals surface area contributed by atoms with Crippen LogP contribution >= 0.6 is 11.3 Å². The lowest BCUT2D eigenvalue weighted by Crippen LogP contribution is -2.26. The van der Waals surface area contributed by atoms with Crippen molar-refractivity contribution in [1.29, 1.82) is 0 Å². The number of anilines is 1. The summed E-state index contributed by atoms with van der Waals surface area (Å²) in [6.45, 7) is 1.92. The molecule has 0 aliphatic heterocycles. The van der Waals surface area contributed by atoms with E-state index in [4.69, 9.17) is 9.47 Å². The number of carbonyl (C=O) groups excluding carboxylic acids is 2. The Morgan fingerprint density at radius 3 is 2.48 bits per heavy atom. The van der Waals surface area contributed by atoms with E-state index in [1.807, 2.05) is 19.1 Å². The summed E-state index contributed by atoms with van der Waals surface area (Å²) in [5.74, 6) is -0.453. The van der Waals surface area contributed by atoms with Gasteiger partial charge >= 0.3 is 5.97 Å². The van der Waals surface area contributed by atoms with Gasteiger partial charge in [-0.15, -0.1) is 11.3 Å². The SMILES string of the molecule is COc1ccc(C)cc1NC(=O)C(OC(=O)c1cccs1)c1ccccc1. The molecule has 0 aliphatic rings. The van der Waals surface area contributed by atoms with E-state index in [0.717, 1.165) is 5.56 Å². The van der Waals surface area contributed by atoms with Crippen LogP contribution in [0.15, 0.2) is 66.0 Å². The second-order valence-electron chi connectivity index (χ2n) is 5.87. The summed E-state index contributed by atoms with van der Waals surface area (Å²) in [5.41, 5.74) is 2.08. The van der Waals surface area contributed by atoms with Crippen molar-refractivity contribution in [3.63, 3.8) is 0 Å². The zero-order chi connectivity index (χ0) is 19.2. The lowest BCUT2D eigenvalue weighted by molar-refractivity contribution is -0.125. The molecule has 2 aromatic carbocycles. The standard InChI is InChI=1S/C21H19NO4S/c1-14-10-11-17(25-2)16(13-14)22-20(23)19(15-7-4-3-5-8-15)26-21(24)18-9-6-12-27-18/h3-13,19H,1-2H3,(H,22,23). The van der Waals surface area contributed by atoms with Crippen LogP contribution in [0.25, 0.3) is 0 Å². The fourth-order valence-electron chi connectivity index (χ4n) is 2.58. The van der Waals surface area contributed by atoms with E-state index >= 15 is 0 Å². The van der Waals surface area contributed by atoms with Gasteiger partial charge in [0.2, 0.25) is 6.10 Å². The zero-order valence-electron chi connectivity index (χ0n) is 15.0. The van der Waals surface area contributed by atoms with Crippen molar-refractivity contribution < 1.29 is 19.1 Å². The first kappa shape index (κ1) is 18.7. The molecule has 6 heteroatoms. The van der Waals surface area contributed by atoms with Gasteiger partial charge in [0, 0.05) is 5.56 Å². The Hall–Kier alpha value is -3.12. The molecule has 1 atom stereocenters. The number of benzene rings is 2. The number of thiophene rings is 1. The molecule has 0 spiro atoms. The van der Waals surface area contributed by atoms with Crippen LogP contribution in [0.3, 0.4) is 0 Å². The number of amides is 1. The van der Waals surface area contributed by atoms with Crippen molar-refractivity contribution in [3.05, 3.63) is 82.0 Å². The monoisotopic (exact) mass is 381 g/mol. The summed E-state index contributed by atoms with van der Waals surface area (Å²) in [6.07, 6.45) is -1.08. The van der Waals surface area contributed by atoms with Gasteiger partial charge in [0.15, 0.2) is 0 Å². The second kappa shape index (κ2) is 8.51. The van der Waals surface area contributed by atoms with E-state index in [-0.39, 0.29) is 0 Å². The Morgan fingerprint density at radius 1 is 1.04 bits per heavy atom. The third-order valence-corrected chi connectivity index (χ3v) is 4.75. The minimum absolute atomic E-state index is 0.442. The lowest BCUT2D eigenvalue weighted by Gasteiger charge is -2.19. The number of rotatable bonds is 6. The predicted octanol–water partition coefficient (Wildman–Crippen LogP) is 4.60. The second-order valence-corrected chi connectivity index (χ2v) is 6.81. The Morgan fingerprint density at radius 2 is 1.81 bits per heavy atom. The van der Waals surface area contributed by atoms with Crippen LogP contribution in [-0.2, 0) is 9.53 Å². The summed E-state index contributed by atoms with van der Waals surface area (Å²) >= 11 is 1.27. The Balaban J connectivity index is 1.87. The molecular weight excluding hydrogens is 362 g/mol. The van der Waals surface area contributed by atoms with Crippen molar-refractivity contribution >= 4 is 28.9 Å². The molecule has 1 unspecified atom stereocenters. The number of hydrogen-bond acceptors (Lipinski definition) is 5.